The van der Waals surface area contributed by atoms with Gasteiger partial charge in [0.2, 0.25) is 0 Å². The Bertz CT molecular complexity index is 1450. The van der Waals surface area contributed by atoms with E-state index in [1.165, 1.54) is 5.56 Å². The first-order chi connectivity index (χ1) is 16.0. The van der Waals surface area contributed by atoms with E-state index in [4.69, 9.17) is 5.10 Å². The van der Waals surface area contributed by atoms with Crippen LogP contribution in [0.5, 0.6) is 0 Å². The number of carboxylic acid groups (broad SMARTS) is 1. The van der Waals surface area contributed by atoms with Gasteiger partial charge in [0, 0.05) is 38.2 Å². The molecule has 0 unspecified atom stereocenters. The molecule has 5 nitrogen and oxygen atoms in total. The lowest BCUT2D eigenvalue weighted by Crippen LogP contribution is -2.10. The number of halogens is 2. The number of fused-ring (bicyclic) bond motifs is 1. The lowest BCUT2D eigenvalue weighted by molar-refractivity contribution is 0.0684. The number of para-hydroxylation sites is 1. The van der Waals surface area contributed by atoms with Gasteiger partial charge in [-0.2, -0.15) is 5.10 Å². The molecule has 0 amide bonds. The Morgan fingerprint density at radius 3 is 2.09 bits per heavy atom. The van der Waals surface area contributed by atoms with E-state index >= 15 is 0 Å². The fraction of sp³-hybridized carbons (Fsp3) is 0.0769. The molecule has 0 radical (unpaired) electrons. The second-order valence-electron chi connectivity index (χ2n) is 7.82. The zero-order chi connectivity index (χ0) is 22.9. The summed E-state index contributed by atoms with van der Waals surface area (Å²) in [5.74, 6) is -0.996. The molecule has 1 N–H and O–H groups in total. The number of carboxylic acids is 1. The molecule has 0 spiro atoms. The minimum absolute atomic E-state index is 0.164. The van der Waals surface area contributed by atoms with Gasteiger partial charge in [-0.3, -0.25) is 4.68 Å². The molecule has 0 fully saturated rings. The summed E-state index contributed by atoms with van der Waals surface area (Å²) in [6.07, 6.45) is 2.06. The van der Waals surface area contributed by atoms with Gasteiger partial charge in [-0.15, -0.1) is 0 Å². The molecule has 3 aromatic carbocycles. The summed E-state index contributed by atoms with van der Waals surface area (Å²) in [7, 11) is 0. The van der Waals surface area contributed by atoms with Crippen molar-refractivity contribution in [2.75, 3.05) is 0 Å². The molecule has 0 aliphatic heterocycles. The van der Waals surface area contributed by atoms with E-state index in [0.29, 0.717) is 18.8 Å². The first-order valence-corrected chi connectivity index (χ1v) is 11.9. The Balaban J connectivity index is 1.56. The predicted molar refractivity (Wildman–Crippen MR) is 137 cm³/mol. The number of aromatic nitrogens is 3. The molecular formula is C26H19Br2N3O2. The molecule has 0 bridgehead atoms. The normalized spacial score (nSPS) is 11.2. The highest BCUT2D eigenvalue weighted by Crippen LogP contribution is 2.31. The summed E-state index contributed by atoms with van der Waals surface area (Å²) in [5.41, 5.74) is 4.97. The number of carbonyl (C=O) groups is 1. The maximum atomic E-state index is 12.0. The standard InChI is InChI=1S/C26H19Br2N3O2/c27-19-9-5-17(6-10-19)14-30-16-22(21-3-1-2-4-24(21)30)23-13-25(26(32)33)31(29-23)15-18-7-11-20(28)12-8-18/h1-13,16H,14-15H2,(H,32,33). The second-order valence-corrected chi connectivity index (χ2v) is 9.65. The lowest BCUT2D eigenvalue weighted by Gasteiger charge is -2.05. The minimum Gasteiger partial charge on any atom is -0.477 e. The van der Waals surface area contributed by atoms with Crippen molar-refractivity contribution < 1.29 is 9.90 Å². The molecule has 33 heavy (non-hydrogen) atoms. The molecular weight excluding hydrogens is 546 g/mol. The quantitative estimate of drug-likeness (QED) is 0.246. The van der Waals surface area contributed by atoms with Gasteiger partial charge >= 0.3 is 5.97 Å². The van der Waals surface area contributed by atoms with E-state index in [1.807, 2.05) is 48.5 Å². The van der Waals surface area contributed by atoms with Gasteiger partial charge in [0.05, 0.1) is 12.2 Å². The molecule has 0 saturated heterocycles. The van der Waals surface area contributed by atoms with Crippen molar-refractivity contribution in [1.82, 2.24) is 14.3 Å². The van der Waals surface area contributed by atoms with Gasteiger partial charge < -0.3 is 9.67 Å². The van der Waals surface area contributed by atoms with Crippen LogP contribution in [0.3, 0.4) is 0 Å². The van der Waals surface area contributed by atoms with E-state index in [1.54, 1.807) is 10.7 Å². The number of hydrogen-bond donors (Lipinski definition) is 1. The van der Waals surface area contributed by atoms with E-state index in [9.17, 15) is 9.90 Å². The van der Waals surface area contributed by atoms with Crippen LogP contribution < -0.4 is 0 Å². The van der Waals surface area contributed by atoms with E-state index in [-0.39, 0.29) is 5.69 Å². The van der Waals surface area contributed by atoms with Crippen molar-refractivity contribution in [1.29, 1.82) is 0 Å². The number of aromatic carboxylic acids is 1. The average Bonchev–Trinajstić information content (AvgIpc) is 3.39. The summed E-state index contributed by atoms with van der Waals surface area (Å²) in [5, 5.41) is 15.6. The zero-order valence-corrected chi connectivity index (χ0v) is 20.6. The van der Waals surface area contributed by atoms with Gasteiger partial charge in [-0.05, 0) is 47.5 Å². The van der Waals surface area contributed by atoms with Gasteiger partial charge in [0.25, 0.3) is 0 Å². The van der Waals surface area contributed by atoms with Crippen LogP contribution in [0.2, 0.25) is 0 Å². The van der Waals surface area contributed by atoms with E-state index < -0.39 is 5.97 Å². The van der Waals surface area contributed by atoms with Crippen LogP contribution in [0.4, 0.5) is 0 Å². The first-order valence-electron chi connectivity index (χ1n) is 10.4. The van der Waals surface area contributed by atoms with E-state index in [0.717, 1.165) is 31.0 Å². The first kappa shape index (κ1) is 21.7. The maximum Gasteiger partial charge on any atom is 0.354 e. The molecule has 2 heterocycles. The van der Waals surface area contributed by atoms with Gasteiger partial charge in [-0.1, -0.05) is 74.3 Å². The Labute approximate surface area is 207 Å². The smallest absolute Gasteiger partial charge is 0.354 e. The van der Waals surface area contributed by atoms with Crippen molar-refractivity contribution >= 4 is 48.7 Å². The highest BCUT2D eigenvalue weighted by Gasteiger charge is 2.19. The van der Waals surface area contributed by atoms with Crippen molar-refractivity contribution in [2.45, 2.75) is 13.1 Å². The molecule has 0 aliphatic rings. The average molecular weight is 565 g/mol. The molecule has 7 heteroatoms. The third-order valence-electron chi connectivity index (χ3n) is 5.58. The molecule has 0 saturated carbocycles. The van der Waals surface area contributed by atoms with Crippen molar-refractivity contribution in [3.05, 3.63) is 111 Å². The molecule has 0 aliphatic carbocycles. The number of nitrogens with zero attached hydrogens (tertiary/aromatic N) is 3. The third kappa shape index (κ3) is 4.51. The fourth-order valence-corrected chi connectivity index (χ4v) is 4.50. The number of benzene rings is 3. The molecule has 164 valence electrons. The second kappa shape index (κ2) is 9.00. The van der Waals surface area contributed by atoms with Crippen molar-refractivity contribution in [3.8, 4) is 11.3 Å². The van der Waals surface area contributed by atoms with E-state index in [2.05, 4.69) is 66.9 Å². The number of hydrogen-bond acceptors (Lipinski definition) is 2. The highest BCUT2D eigenvalue weighted by atomic mass is 79.9. The van der Waals surface area contributed by atoms with Crippen LogP contribution in [0.1, 0.15) is 21.6 Å². The lowest BCUT2D eigenvalue weighted by atomic mass is 10.1. The highest BCUT2D eigenvalue weighted by molar-refractivity contribution is 9.10. The Morgan fingerprint density at radius 1 is 0.848 bits per heavy atom. The summed E-state index contributed by atoms with van der Waals surface area (Å²) in [6, 6.07) is 25.8. The van der Waals surface area contributed by atoms with Crippen LogP contribution in [0, 0.1) is 0 Å². The Morgan fingerprint density at radius 2 is 1.45 bits per heavy atom. The van der Waals surface area contributed by atoms with Gasteiger partial charge in [0.1, 0.15) is 5.69 Å². The van der Waals surface area contributed by atoms with Crippen LogP contribution >= 0.6 is 31.9 Å². The maximum absolute atomic E-state index is 12.0. The fourth-order valence-electron chi connectivity index (χ4n) is 3.97. The Hall–Kier alpha value is -3.16. The van der Waals surface area contributed by atoms with Gasteiger partial charge in [-0.25, -0.2) is 4.79 Å². The van der Waals surface area contributed by atoms with Crippen LogP contribution in [0.25, 0.3) is 22.2 Å². The summed E-state index contributed by atoms with van der Waals surface area (Å²) in [6.45, 7) is 1.09. The topological polar surface area (TPSA) is 60.0 Å². The minimum atomic E-state index is -0.996. The predicted octanol–water partition coefficient (Wildman–Crippen LogP) is 6.82. The largest absolute Gasteiger partial charge is 0.477 e. The number of rotatable bonds is 6. The van der Waals surface area contributed by atoms with Gasteiger partial charge in [0.15, 0.2) is 0 Å². The summed E-state index contributed by atoms with van der Waals surface area (Å²) in [4.78, 5) is 12.0. The molecule has 5 rings (SSSR count). The summed E-state index contributed by atoms with van der Waals surface area (Å²) >= 11 is 6.92. The third-order valence-corrected chi connectivity index (χ3v) is 6.63. The van der Waals surface area contributed by atoms with Crippen LogP contribution in [0.15, 0.2) is 94.0 Å². The Kier molecular flexibility index (Phi) is 5.91. The zero-order valence-electron chi connectivity index (χ0n) is 17.5. The van der Waals surface area contributed by atoms with Crippen molar-refractivity contribution in [2.24, 2.45) is 0 Å². The molecule has 5 aromatic rings. The molecule has 0 atom stereocenters. The molecule has 2 aromatic heterocycles. The van der Waals surface area contributed by atoms with Crippen LogP contribution in [-0.4, -0.2) is 25.4 Å². The van der Waals surface area contributed by atoms with Crippen molar-refractivity contribution in [3.63, 3.8) is 0 Å². The van der Waals surface area contributed by atoms with Crippen LogP contribution in [-0.2, 0) is 13.1 Å². The SMILES string of the molecule is O=C(O)c1cc(-c2cn(Cc3ccc(Br)cc3)c3ccccc23)nn1Cc1ccc(Br)cc1. The monoisotopic (exact) mass is 563 g/mol. The summed E-state index contributed by atoms with van der Waals surface area (Å²) < 4.78 is 5.76.